The molecule has 0 radical (unpaired) electrons. The minimum atomic E-state index is -3.71. The average molecular weight is 653 g/mol. The third kappa shape index (κ3) is 10.8. The number of sulfone groups is 1. The third-order valence-electron chi connectivity index (χ3n) is 8.00. The van der Waals surface area contributed by atoms with Gasteiger partial charge in [-0.25, -0.2) is 8.42 Å². The number of anilines is 2. The highest BCUT2D eigenvalue weighted by Crippen LogP contribution is 2.28. The molecule has 4 rings (SSSR count). The standard InChI is InChI=1S/C38H48N6O2S/c1-5-7-9-11-29-44(30-12-10-8-6-2)36-23-15-32(16-24-36)40-42-34-19-27-38(28-20-34)47(45,46)37-25-17-33(18-26-37)41-39-31-13-21-35(22-14-31)43(3)4/h13-28H,5-12,29-30H2,1-4H3. The second-order valence-corrected chi connectivity index (χ2v) is 13.9. The summed E-state index contributed by atoms with van der Waals surface area (Å²) < 4.78 is 26.5. The van der Waals surface area contributed by atoms with Gasteiger partial charge in [-0.3, -0.25) is 0 Å². The van der Waals surface area contributed by atoms with Gasteiger partial charge in [-0.15, -0.1) is 0 Å². The SMILES string of the molecule is CCCCCCN(CCCCCC)c1ccc(N=Nc2ccc(S(=O)(=O)c3ccc(N=Nc4ccc(N(C)C)cc4)cc3)cc2)cc1. The van der Waals surface area contributed by atoms with Gasteiger partial charge in [0.05, 0.1) is 32.5 Å². The first-order chi connectivity index (χ1) is 22.8. The van der Waals surface area contributed by atoms with Crippen molar-refractivity contribution >= 4 is 44.0 Å². The Kier molecular flexibility index (Phi) is 13.7. The van der Waals surface area contributed by atoms with E-state index in [-0.39, 0.29) is 9.79 Å². The summed E-state index contributed by atoms with van der Waals surface area (Å²) in [6.45, 7) is 6.64. The van der Waals surface area contributed by atoms with Crippen LogP contribution in [0.15, 0.2) is 127 Å². The molecule has 0 saturated carbocycles. The van der Waals surface area contributed by atoms with E-state index in [1.807, 2.05) is 55.4 Å². The van der Waals surface area contributed by atoms with Gasteiger partial charge in [0.2, 0.25) is 9.84 Å². The molecule has 0 spiro atoms. The molecule has 248 valence electrons. The zero-order chi connectivity index (χ0) is 33.5. The topological polar surface area (TPSA) is 90.1 Å². The first-order valence-electron chi connectivity index (χ1n) is 16.7. The van der Waals surface area contributed by atoms with E-state index in [2.05, 4.69) is 51.3 Å². The van der Waals surface area contributed by atoms with E-state index in [1.165, 1.54) is 57.1 Å². The summed E-state index contributed by atoms with van der Waals surface area (Å²) >= 11 is 0. The van der Waals surface area contributed by atoms with Crippen LogP contribution in [-0.4, -0.2) is 35.6 Å². The Balaban J connectivity index is 1.36. The molecule has 8 nitrogen and oxygen atoms in total. The summed E-state index contributed by atoms with van der Waals surface area (Å²) in [7, 11) is 0.248. The lowest BCUT2D eigenvalue weighted by Crippen LogP contribution is -2.25. The van der Waals surface area contributed by atoms with Gasteiger partial charge in [0.1, 0.15) is 0 Å². The number of unbranched alkanes of at least 4 members (excludes halogenated alkanes) is 6. The Labute approximate surface area is 281 Å². The zero-order valence-corrected chi connectivity index (χ0v) is 29.0. The fourth-order valence-electron chi connectivity index (χ4n) is 5.13. The number of rotatable bonds is 18. The van der Waals surface area contributed by atoms with Gasteiger partial charge in [0.25, 0.3) is 0 Å². The molecule has 0 aliphatic rings. The number of hydrogen-bond donors (Lipinski definition) is 0. The highest BCUT2D eigenvalue weighted by Gasteiger charge is 2.17. The minimum absolute atomic E-state index is 0.186. The lowest BCUT2D eigenvalue weighted by atomic mass is 10.1. The second kappa shape index (κ2) is 18.1. The van der Waals surface area contributed by atoms with Crippen molar-refractivity contribution in [2.75, 3.05) is 37.0 Å². The fraction of sp³-hybridized carbons (Fsp3) is 0.368. The molecule has 0 unspecified atom stereocenters. The molecule has 4 aromatic rings. The van der Waals surface area contributed by atoms with E-state index in [1.54, 1.807) is 48.5 Å². The van der Waals surface area contributed by atoms with Crippen molar-refractivity contribution in [3.63, 3.8) is 0 Å². The van der Waals surface area contributed by atoms with Crippen LogP contribution in [0, 0.1) is 0 Å². The molecule has 0 bridgehead atoms. The zero-order valence-electron chi connectivity index (χ0n) is 28.2. The summed E-state index contributed by atoms with van der Waals surface area (Å²) in [4.78, 5) is 4.88. The van der Waals surface area contributed by atoms with Gasteiger partial charge in [-0.2, -0.15) is 20.5 Å². The van der Waals surface area contributed by atoms with Crippen LogP contribution in [0.4, 0.5) is 34.1 Å². The van der Waals surface area contributed by atoms with E-state index < -0.39 is 9.84 Å². The van der Waals surface area contributed by atoms with Crippen molar-refractivity contribution in [3.8, 4) is 0 Å². The quantitative estimate of drug-likeness (QED) is 0.0790. The lowest BCUT2D eigenvalue weighted by molar-refractivity contribution is 0.596. The number of nitrogens with zero attached hydrogens (tertiary/aromatic N) is 6. The normalized spacial score (nSPS) is 11.8. The van der Waals surface area contributed by atoms with Gasteiger partial charge in [0.15, 0.2) is 0 Å². The summed E-state index contributed by atoms with van der Waals surface area (Å²) in [6, 6.07) is 28.8. The predicted octanol–water partition coefficient (Wildman–Crippen LogP) is 11.4. The maximum absolute atomic E-state index is 13.3. The van der Waals surface area contributed by atoms with Crippen molar-refractivity contribution < 1.29 is 8.42 Å². The van der Waals surface area contributed by atoms with E-state index in [4.69, 9.17) is 0 Å². The molecule has 0 atom stereocenters. The average Bonchev–Trinajstić information content (AvgIpc) is 3.10. The fourth-order valence-corrected chi connectivity index (χ4v) is 6.39. The van der Waals surface area contributed by atoms with Gasteiger partial charge < -0.3 is 9.80 Å². The molecule has 0 aromatic heterocycles. The Bertz CT molecular complexity index is 1650. The van der Waals surface area contributed by atoms with E-state index >= 15 is 0 Å². The van der Waals surface area contributed by atoms with Gasteiger partial charge in [-0.1, -0.05) is 52.4 Å². The molecule has 0 heterocycles. The molecule has 9 heteroatoms. The van der Waals surface area contributed by atoms with E-state index in [0.717, 1.165) is 30.2 Å². The Hall–Kier alpha value is -4.37. The van der Waals surface area contributed by atoms with Crippen molar-refractivity contribution in [1.82, 2.24) is 0 Å². The highest BCUT2D eigenvalue weighted by atomic mass is 32.2. The molecular weight excluding hydrogens is 605 g/mol. The highest BCUT2D eigenvalue weighted by molar-refractivity contribution is 7.91. The maximum Gasteiger partial charge on any atom is 0.206 e. The van der Waals surface area contributed by atoms with E-state index in [0.29, 0.717) is 11.4 Å². The molecule has 0 N–H and O–H groups in total. The monoisotopic (exact) mass is 652 g/mol. The third-order valence-corrected chi connectivity index (χ3v) is 9.79. The predicted molar refractivity (Wildman–Crippen MR) is 194 cm³/mol. The smallest absolute Gasteiger partial charge is 0.206 e. The first-order valence-corrected chi connectivity index (χ1v) is 18.2. The lowest BCUT2D eigenvalue weighted by Gasteiger charge is -2.25. The largest absolute Gasteiger partial charge is 0.378 e. The molecule has 0 fully saturated rings. The minimum Gasteiger partial charge on any atom is -0.378 e. The molecule has 47 heavy (non-hydrogen) atoms. The molecule has 0 saturated heterocycles. The van der Waals surface area contributed by atoms with Gasteiger partial charge in [0, 0.05) is 38.6 Å². The second-order valence-electron chi connectivity index (χ2n) is 11.9. The molecule has 0 aliphatic carbocycles. The van der Waals surface area contributed by atoms with E-state index in [9.17, 15) is 8.42 Å². The van der Waals surface area contributed by atoms with Crippen molar-refractivity contribution in [2.45, 2.75) is 75.0 Å². The molecule has 4 aromatic carbocycles. The maximum atomic E-state index is 13.3. The van der Waals surface area contributed by atoms with Crippen LogP contribution < -0.4 is 9.80 Å². The summed E-state index contributed by atoms with van der Waals surface area (Å²) in [5, 5.41) is 17.2. The summed E-state index contributed by atoms with van der Waals surface area (Å²) in [6.07, 6.45) is 9.99. The van der Waals surface area contributed by atoms with Gasteiger partial charge >= 0.3 is 0 Å². The van der Waals surface area contributed by atoms with Crippen LogP contribution in [0.1, 0.15) is 65.2 Å². The van der Waals surface area contributed by atoms with Crippen molar-refractivity contribution in [3.05, 3.63) is 97.1 Å². The first kappa shape index (κ1) is 35.5. The summed E-state index contributed by atoms with van der Waals surface area (Å²) in [5.74, 6) is 0. The van der Waals surface area contributed by atoms with Crippen LogP contribution in [0.2, 0.25) is 0 Å². The van der Waals surface area contributed by atoms with Crippen LogP contribution in [0.3, 0.4) is 0 Å². The Morgan fingerprint density at radius 2 is 0.809 bits per heavy atom. The molecular formula is C38H48N6O2S. The molecule has 0 amide bonds. The Morgan fingerprint density at radius 3 is 1.15 bits per heavy atom. The number of azo groups is 2. The number of hydrogen-bond acceptors (Lipinski definition) is 8. The van der Waals surface area contributed by atoms with Gasteiger partial charge in [-0.05, 0) is 110 Å². The van der Waals surface area contributed by atoms with Crippen LogP contribution in [0.5, 0.6) is 0 Å². The van der Waals surface area contributed by atoms with Crippen LogP contribution in [0.25, 0.3) is 0 Å². The van der Waals surface area contributed by atoms with Crippen LogP contribution in [-0.2, 0) is 9.84 Å². The Morgan fingerprint density at radius 1 is 0.468 bits per heavy atom. The molecule has 0 aliphatic heterocycles. The summed E-state index contributed by atoms with van der Waals surface area (Å²) in [5.41, 5.74) is 4.91. The van der Waals surface area contributed by atoms with Crippen molar-refractivity contribution in [2.24, 2.45) is 20.5 Å². The number of benzene rings is 4. The van der Waals surface area contributed by atoms with Crippen LogP contribution >= 0.6 is 0 Å². The van der Waals surface area contributed by atoms with Crippen molar-refractivity contribution in [1.29, 1.82) is 0 Å².